The Bertz CT molecular complexity index is 596. The van der Waals surface area contributed by atoms with Crippen molar-refractivity contribution in [2.45, 2.75) is 36.4 Å². The summed E-state index contributed by atoms with van der Waals surface area (Å²) >= 11 is 6.73. The quantitative estimate of drug-likeness (QED) is 0.756. The van der Waals surface area contributed by atoms with Gasteiger partial charge in [0, 0.05) is 21.6 Å². The van der Waals surface area contributed by atoms with Crippen LogP contribution >= 0.6 is 39.0 Å². The molecule has 0 unspecified atom stereocenters. The van der Waals surface area contributed by atoms with Crippen molar-refractivity contribution < 1.29 is 4.79 Å². The number of benzene rings is 1. The number of thioether (sulfide) groups is 1. The molecule has 0 aliphatic heterocycles. The van der Waals surface area contributed by atoms with Crippen LogP contribution in [0.2, 0.25) is 0 Å². The molecule has 0 aliphatic rings. The lowest BCUT2D eigenvalue weighted by Crippen LogP contribution is -2.31. The molecule has 0 atom stereocenters. The summed E-state index contributed by atoms with van der Waals surface area (Å²) in [5, 5.41) is 4.84. The highest BCUT2D eigenvalue weighted by Crippen LogP contribution is 2.26. The third-order valence-electron chi connectivity index (χ3n) is 2.60. The Kier molecular flexibility index (Phi) is 6.26. The van der Waals surface area contributed by atoms with Gasteiger partial charge in [0.25, 0.3) is 0 Å². The number of carbonyl (C=O) groups is 1. The van der Waals surface area contributed by atoms with E-state index in [9.17, 15) is 4.79 Å². The highest BCUT2D eigenvalue weighted by Gasteiger charge is 2.09. The van der Waals surface area contributed by atoms with Crippen LogP contribution in [0.15, 0.2) is 38.5 Å². The van der Waals surface area contributed by atoms with Crippen LogP contribution in [-0.4, -0.2) is 16.9 Å². The molecule has 2 aromatic rings. The summed E-state index contributed by atoms with van der Waals surface area (Å²) in [4.78, 5) is 16.2. The van der Waals surface area contributed by atoms with Crippen LogP contribution < -0.4 is 5.32 Å². The van der Waals surface area contributed by atoms with E-state index in [0.717, 1.165) is 20.3 Å². The van der Waals surface area contributed by atoms with Crippen LogP contribution in [-0.2, 0) is 17.0 Å². The molecule has 1 amide bonds. The number of hydrogen-bond acceptors (Lipinski definition) is 4. The van der Waals surface area contributed by atoms with Crippen LogP contribution in [0.5, 0.6) is 0 Å². The van der Waals surface area contributed by atoms with Crippen molar-refractivity contribution in [1.82, 2.24) is 10.3 Å². The minimum Gasteiger partial charge on any atom is -0.354 e. The molecular weight excluding hydrogens is 368 g/mol. The van der Waals surface area contributed by atoms with Crippen LogP contribution in [0.3, 0.4) is 0 Å². The molecule has 3 nitrogen and oxygen atoms in total. The maximum Gasteiger partial charge on any atom is 0.226 e. The Morgan fingerprint density at radius 2 is 2.10 bits per heavy atom. The maximum atomic E-state index is 11.7. The molecule has 0 radical (unpaired) electrons. The number of hydrogen-bond donors (Lipinski definition) is 1. The molecule has 1 N–H and O–H groups in total. The molecule has 21 heavy (non-hydrogen) atoms. The molecule has 1 heterocycles. The Balaban J connectivity index is 1.85. The Labute approximate surface area is 141 Å². The van der Waals surface area contributed by atoms with Gasteiger partial charge in [-0.05, 0) is 31.5 Å². The molecule has 2 rings (SSSR count). The van der Waals surface area contributed by atoms with E-state index in [-0.39, 0.29) is 11.9 Å². The van der Waals surface area contributed by atoms with Crippen molar-refractivity contribution in [1.29, 1.82) is 0 Å². The average molecular weight is 385 g/mol. The number of rotatable bonds is 6. The van der Waals surface area contributed by atoms with Gasteiger partial charge in [0.2, 0.25) is 5.91 Å². The van der Waals surface area contributed by atoms with Crippen molar-refractivity contribution >= 4 is 44.9 Å². The standard InChI is InChI=1S/C15H17BrN2OS2/c1-10(2)17-14(19)7-13-9-21-15(18-13)20-8-11-3-5-12(16)6-4-11/h3-6,9-10H,7-8H2,1-2H3,(H,17,19). The second kappa shape index (κ2) is 7.96. The van der Waals surface area contributed by atoms with Gasteiger partial charge in [-0.15, -0.1) is 11.3 Å². The first kappa shape index (κ1) is 16.5. The van der Waals surface area contributed by atoms with Gasteiger partial charge in [-0.25, -0.2) is 4.98 Å². The smallest absolute Gasteiger partial charge is 0.226 e. The highest BCUT2D eigenvalue weighted by atomic mass is 79.9. The summed E-state index contributed by atoms with van der Waals surface area (Å²) in [5.74, 6) is 0.915. The van der Waals surface area contributed by atoms with Gasteiger partial charge in [-0.3, -0.25) is 4.79 Å². The zero-order chi connectivity index (χ0) is 15.2. The van der Waals surface area contributed by atoms with E-state index in [4.69, 9.17) is 0 Å². The topological polar surface area (TPSA) is 42.0 Å². The summed E-state index contributed by atoms with van der Waals surface area (Å²) < 4.78 is 2.09. The minimum atomic E-state index is 0.0276. The fraction of sp³-hybridized carbons (Fsp3) is 0.333. The molecule has 1 aromatic carbocycles. The second-order valence-corrected chi connectivity index (χ2v) is 7.92. The lowest BCUT2D eigenvalue weighted by atomic mass is 10.2. The van der Waals surface area contributed by atoms with Gasteiger partial charge in [-0.1, -0.05) is 39.8 Å². The van der Waals surface area contributed by atoms with Gasteiger partial charge in [0.1, 0.15) is 4.34 Å². The average Bonchev–Trinajstić information content (AvgIpc) is 2.84. The lowest BCUT2D eigenvalue weighted by Gasteiger charge is -2.06. The molecular formula is C15H17BrN2OS2. The summed E-state index contributed by atoms with van der Waals surface area (Å²) in [5.41, 5.74) is 2.11. The molecule has 0 fully saturated rings. The number of carbonyl (C=O) groups excluding carboxylic acids is 1. The Hall–Kier alpha value is -0.850. The van der Waals surface area contributed by atoms with Gasteiger partial charge in [0.05, 0.1) is 12.1 Å². The van der Waals surface area contributed by atoms with Crippen molar-refractivity contribution in [2.75, 3.05) is 0 Å². The van der Waals surface area contributed by atoms with Gasteiger partial charge in [-0.2, -0.15) is 0 Å². The second-order valence-electron chi connectivity index (χ2n) is 4.92. The number of nitrogens with one attached hydrogen (secondary N) is 1. The van der Waals surface area contributed by atoms with Crippen LogP contribution in [0.4, 0.5) is 0 Å². The predicted molar refractivity (Wildman–Crippen MR) is 92.8 cm³/mol. The van der Waals surface area contributed by atoms with Gasteiger partial charge < -0.3 is 5.32 Å². The first-order valence-electron chi connectivity index (χ1n) is 6.64. The summed E-state index contributed by atoms with van der Waals surface area (Å²) in [7, 11) is 0. The number of amides is 1. The third kappa shape index (κ3) is 5.80. The predicted octanol–water partition coefficient (Wildman–Crippen LogP) is 4.27. The molecule has 1 aromatic heterocycles. The van der Waals surface area contributed by atoms with E-state index in [0.29, 0.717) is 6.42 Å². The first-order valence-corrected chi connectivity index (χ1v) is 9.30. The molecule has 0 saturated carbocycles. The van der Waals surface area contributed by atoms with Crippen LogP contribution in [0.1, 0.15) is 25.1 Å². The Morgan fingerprint density at radius 1 is 1.38 bits per heavy atom. The number of aromatic nitrogens is 1. The van der Waals surface area contributed by atoms with Crippen molar-refractivity contribution in [3.8, 4) is 0 Å². The summed E-state index contributed by atoms with van der Waals surface area (Å²) in [6, 6.07) is 8.45. The molecule has 6 heteroatoms. The van der Waals surface area contributed by atoms with E-state index in [1.54, 1.807) is 23.1 Å². The molecule has 0 saturated heterocycles. The lowest BCUT2D eigenvalue weighted by molar-refractivity contribution is -0.120. The third-order valence-corrected chi connectivity index (χ3v) is 5.27. The fourth-order valence-electron chi connectivity index (χ4n) is 1.70. The first-order chi connectivity index (χ1) is 10.0. The van der Waals surface area contributed by atoms with E-state index in [1.807, 2.05) is 31.4 Å². The SMILES string of the molecule is CC(C)NC(=O)Cc1csc(SCc2ccc(Br)cc2)n1. The number of nitrogens with zero attached hydrogens (tertiary/aromatic N) is 1. The Morgan fingerprint density at radius 3 is 2.76 bits per heavy atom. The molecule has 0 bridgehead atoms. The van der Waals surface area contributed by atoms with Crippen molar-refractivity contribution in [2.24, 2.45) is 0 Å². The zero-order valence-corrected chi connectivity index (χ0v) is 15.1. The van der Waals surface area contributed by atoms with Gasteiger partial charge >= 0.3 is 0 Å². The van der Waals surface area contributed by atoms with E-state index >= 15 is 0 Å². The van der Waals surface area contributed by atoms with E-state index in [1.165, 1.54) is 5.56 Å². The number of thiazole rings is 1. The normalized spacial score (nSPS) is 10.9. The summed E-state index contributed by atoms with van der Waals surface area (Å²) in [6.45, 7) is 3.91. The number of halogens is 1. The van der Waals surface area contributed by atoms with Crippen LogP contribution in [0, 0.1) is 0 Å². The molecule has 0 aliphatic carbocycles. The van der Waals surface area contributed by atoms with Gasteiger partial charge in [0.15, 0.2) is 0 Å². The maximum absolute atomic E-state index is 11.7. The molecule has 112 valence electrons. The van der Waals surface area contributed by atoms with Crippen LogP contribution in [0.25, 0.3) is 0 Å². The monoisotopic (exact) mass is 384 g/mol. The van der Waals surface area contributed by atoms with E-state index < -0.39 is 0 Å². The van der Waals surface area contributed by atoms with E-state index in [2.05, 4.69) is 38.4 Å². The fourth-order valence-corrected chi connectivity index (χ4v) is 3.76. The summed E-state index contributed by atoms with van der Waals surface area (Å²) in [6.07, 6.45) is 0.355. The minimum absolute atomic E-state index is 0.0276. The largest absolute Gasteiger partial charge is 0.354 e. The highest BCUT2D eigenvalue weighted by molar-refractivity contribution is 9.10. The molecule has 0 spiro atoms. The van der Waals surface area contributed by atoms with Crippen molar-refractivity contribution in [3.63, 3.8) is 0 Å². The zero-order valence-electron chi connectivity index (χ0n) is 11.9. The van der Waals surface area contributed by atoms with Crippen molar-refractivity contribution in [3.05, 3.63) is 45.4 Å².